The van der Waals surface area contributed by atoms with Gasteiger partial charge in [-0.2, -0.15) is 0 Å². The Morgan fingerprint density at radius 2 is 0.911 bits per heavy atom. The summed E-state index contributed by atoms with van der Waals surface area (Å²) in [6.45, 7) is 43.8. The number of hydrogen-bond donors (Lipinski definition) is 3. The summed E-state index contributed by atoms with van der Waals surface area (Å²) in [5, 5.41) is 9.34. The topological polar surface area (TPSA) is 202 Å². The van der Waals surface area contributed by atoms with Crippen molar-refractivity contribution in [3.05, 3.63) is 162 Å². The highest BCUT2D eigenvalue weighted by Gasteiger charge is 2.38. The number of H-pyrrole nitrogens is 2. The lowest BCUT2D eigenvalue weighted by Gasteiger charge is -2.36. The molecule has 0 atom stereocenters. The van der Waals surface area contributed by atoms with E-state index in [0.717, 1.165) is 60.0 Å². The van der Waals surface area contributed by atoms with Crippen molar-refractivity contribution in [1.82, 2.24) is 29.9 Å². The number of aromatic amines is 2. The third-order valence-corrected chi connectivity index (χ3v) is 29.3. The molecule has 6 heterocycles. The standard InChI is InChI=1S/C17H27NO2Si.C16H29NO2Si.C13H22BrNO2Si.C11H17NO2.C5H4BrNO.C5H5NO.Br2/c1-7-8-10-15-11-9-12-18-16(15)19-13-14-20-21(5,6)17(2,3)4;1-7-9-14-10-8-11-17-15(14)18-12-13-19-20(5,6)16(2,3)4;1-13(2,3)18(4,5)17-10-9-16-12-11(14)7-6-8-15-12;1-2-3-5-10-6-4-7-12-11(10)14-9-8-13;6-4-2-1-3-7-5(4)8;7-5-3-1-2-4-6-5;1-2/h9,11-12H,7,13-14H2,1-6H3;8,10-11H,7,9,12-13H2,1-6H3;6-8H,9-10H2,1-5H3;4,6-7,13H,2-3,5,8-9H2,1H3;1-3H,(H,7,8);1-4H,(H,6,7);. The van der Waals surface area contributed by atoms with Gasteiger partial charge >= 0.3 is 0 Å². The second-order valence-electron chi connectivity index (χ2n) is 24.6. The van der Waals surface area contributed by atoms with Gasteiger partial charge in [0.25, 0.3) is 5.56 Å². The zero-order chi connectivity index (χ0) is 68.3. The normalized spacial score (nSPS) is 11.1. The average Bonchev–Trinajstić information content (AvgIpc) is 2.41. The molecular weight excluding hydrogens is 1450 g/mol. The average molecular weight is 1560 g/mol. The van der Waals surface area contributed by atoms with Crippen LogP contribution in [0.4, 0.5) is 0 Å². The van der Waals surface area contributed by atoms with E-state index in [1.165, 1.54) is 11.6 Å². The van der Waals surface area contributed by atoms with E-state index in [1.807, 2.05) is 49.4 Å². The maximum atomic E-state index is 10.5. The molecule has 0 aromatic carbocycles. The lowest BCUT2D eigenvalue weighted by Crippen LogP contribution is -2.41. The minimum atomic E-state index is -1.71. The molecular formula is C67H104Br4N6O10Si3. The molecule has 0 spiro atoms. The number of halogens is 4. The molecule has 502 valence electrons. The Hall–Kier alpha value is -4.33. The Kier molecular flexibility index (Phi) is 44.4. The smallest absolute Gasteiger partial charge is 0.262 e. The van der Waals surface area contributed by atoms with Crippen molar-refractivity contribution in [2.45, 2.75) is 176 Å². The Morgan fingerprint density at radius 1 is 0.489 bits per heavy atom. The van der Waals surface area contributed by atoms with E-state index >= 15 is 0 Å². The summed E-state index contributed by atoms with van der Waals surface area (Å²) in [6.07, 6.45) is 16.3. The third-order valence-electron chi connectivity index (χ3n) is 14.5. The molecule has 0 saturated carbocycles. The first-order chi connectivity index (χ1) is 42.4. The lowest BCUT2D eigenvalue weighted by atomic mass is 10.1. The van der Waals surface area contributed by atoms with Gasteiger partial charge in [0, 0.05) is 89.1 Å². The van der Waals surface area contributed by atoms with Gasteiger partial charge in [-0.3, -0.25) is 9.59 Å². The predicted octanol–water partition coefficient (Wildman–Crippen LogP) is 17.9. The molecule has 23 heteroatoms. The van der Waals surface area contributed by atoms with Crippen molar-refractivity contribution >= 4 is 85.1 Å². The van der Waals surface area contributed by atoms with E-state index in [-0.39, 0.29) is 32.8 Å². The van der Waals surface area contributed by atoms with E-state index < -0.39 is 25.0 Å². The van der Waals surface area contributed by atoms with Crippen LogP contribution in [0.25, 0.3) is 0 Å². The molecule has 0 fully saturated rings. The highest BCUT2D eigenvalue weighted by molar-refractivity contribution is 9.93. The van der Waals surface area contributed by atoms with Gasteiger partial charge in [0.2, 0.25) is 29.1 Å². The molecule has 90 heavy (non-hydrogen) atoms. The molecule has 0 saturated heterocycles. The van der Waals surface area contributed by atoms with Crippen molar-refractivity contribution < 1.29 is 37.3 Å². The van der Waals surface area contributed by atoms with Crippen LogP contribution in [-0.4, -0.2) is 113 Å². The summed E-state index contributed by atoms with van der Waals surface area (Å²) in [5.74, 6) is 8.76. The number of pyridine rings is 6. The monoisotopic (exact) mass is 1550 g/mol. The number of ether oxygens (including phenoxy) is 4. The van der Waals surface area contributed by atoms with Gasteiger partial charge in [-0.25, -0.2) is 19.9 Å². The first-order valence-electron chi connectivity index (χ1n) is 30.4. The fourth-order valence-corrected chi connectivity index (χ4v) is 9.98. The van der Waals surface area contributed by atoms with Crippen LogP contribution in [0.1, 0.15) is 125 Å². The third kappa shape index (κ3) is 36.8. The van der Waals surface area contributed by atoms with E-state index in [4.69, 9.17) is 37.3 Å². The van der Waals surface area contributed by atoms with Crippen LogP contribution in [0, 0.1) is 11.8 Å². The number of aromatic nitrogens is 6. The Labute approximate surface area is 574 Å². The number of nitrogens with zero attached hydrogens (tertiary/aromatic N) is 4. The van der Waals surface area contributed by atoms with Gasteiger partial charge in [-0.1, -0.05) is 126 Å². The number of unbranched alkanes of at least 4 members (excludes halogenated alkanes) is 1. The number of aryl methyl sites for hydroxylation is 2. The number of nitrogens with one attached hydrogen (secondary N) is 2. The lowest BCUT2D eigenvalue weighted by molar-refractivity contribution is 0.195. The van der Waals surface area contributed by atoms with Crippen molar-refractivity contribution in [2.24, 2.45) is 0 Å². The number of rotatable bonds is 23. The van der Waals surface area contributed by atoms with Crippen molar-refractivity contribution in [2.75, 3.05) is 52.9 Å². The maximum Gasteiger partial charge on any atom is 0.262 e. The number of hydrogen-bond acceptors (Lipinski definition) is 14. The largest absolute Gasteiger partial charge is 0.475 e. The maximum absolute atomic E-state index is 10.5. The highest BCUT2D eigenvalue weighted by atomic mass is 80.9. The molecule has 0 aliphatic rings. The van der Waals surface area contributed by atoms with Gasteiger partial charge in [0.15, 0.2) is 25.0 Å². The molecule has 0 aliphatic carbocycles. The molecule has 6 rings (SSSR count). The highest BCUT2D eigenvalue weighted by Crippen LogP contribution is 2.38. The molecule has 0 bridgehead atoms. The molecule has 6 aromatic rings. The van der Waals surface area contributed by atoms with E-state index in [2.05, 4.69) is 223 Å². The molecule has 3 N–H and O–H groups in total. The number of aliphatic hydroxyl groups is 1. The molecule has 6 aromatic heterocycles. The van der Waals surface area contributed by atoms with Gasteiger partial charge in [-0.15, -0.1) is 0 Å². The van der Waals surface area contributed by atoms with E-state index in [1.54, 1.807) is 61.4 Å². The summed E-state index contributed by atoms with van der Waals surface area (Å²) < 4.78 is 42.1. The van der Waals surface area contributed by atoms with E-state index in [9.17, 15) is 9.59 Å². The predicted molar refractivity (Wildman–Crippen MR) is 393 cm³/mol. The summed E-state index contributed by atoms with van der Waals surface area (Å²) in [4.78, 5) is 42.5. The first kappa shape index (κ1) is 85.7. The van der Waals surface area contributed by atoms with Crippen LogP contribution in [0.5, 0.6) is 23.5 Å². The molecule has 16 nitrogen and oxygen atoms in total. The number of aliphatic hydroxyl groups excluding tert-OH is 1. The minimum Gasteiger partial charge on any atom is -0.475 e. The zero-order valence-electron chi connectivity index (χ0n) is 56.8. The summed E-state index contributed by atoms with van der Waals surface area (Å²) in [5.41, 5.74) is 3.01. The van der Waals surface area contributed by atoms with Crippen LogP contribution in [0.2, 0.25) is 54.4 Å². The van der Waals surface area contributed by atoms with Gasteiger partial charge in [-0.05, 0) is 160 Å². The van der Waals surface area contributed by atoms with Gasteiger partial charge in [0.1, 0.15) is 26.4 Å². The second kappa shape index (κ2) is 46.7. The molecule has 0 unspecified atom stereocenters. The fraction of sp³-hybridized carbons (Fsp3) is 0.522. The van der Waals surface area contributed by atoms with Crippen molar-refractivity contribution in [3.8, 4) is 35.4 Å². The quantitative estimate of drug-likeness (QED) is 0.0311. The Bertz CT molecular complexity index is 2990. The summed E-state index contributed by atoms with van der Waals surface area (Å²) in [7, 11) is -5.05. The Morgan fingerprint density at radius 3 is 1.30 bits per heavy atom. The summed E-state index contributed by atoms with van der Waals surface area (Å²) in [6, 6.07) is 23.9. The van der Waals surface area contributed by atoms with Crippen LogP contribution in [-0.2, 0) is 26.1 Å². The van der Waals surface area contributed by atoms with Crippen LogP contribution >= 0.6 is 60.1 Å². The minimum absolute atomic E-state index is 0.0315. The van der Waals surface area contributed by atoms with Crippen molar-refractivity contribution in [1.29, 1.82) is 0 Å². The fourth-order valence-electron chi connectivity index (χ4n) is 6.26. The first-order valence-corrected chi connectivity index (χ1v) is 44.5. The van der Waals surface area contributed by atoms with Crippen molar-refractivity contribution in [3.63, 3.8) is 0 Å². The van der Waals surface area contributed by atoms with Crippen LogP contribution < -0.4 is 30.1 Å². The summed E-state index contributed by atoms with van der Waals surface area (Å²) >= 11 is 12.0. The van der Waals surface area contributed by atoms with Gasteiger partial charge in [0.05, 0.1) is 40.9 Å². The van der Waals surface area contributed by atoms with Gasteiger partial charge < -0.3 is 47.3 Å². The molecule has 0 aliphatic heterocycles. The van der Waals surface area contributed by atoms with Crippen LogP contribution in [0.15, 0.2) is 135 Å². The Balaban J connectivity index is 0.00000108. The molecule has 0 amide bonds. The second-order valence-corrected chi connectivity index (χ2v) is 40.7. The van der Waals surface area contributed by atoms with Crippen LogP contribution in [0.3, 0.4) is 0 Å². The molecule has 0 radical (unpaired) electrons. The SMILES string of the molecule is BrBr.CC(C)(C)[Si](C)(C)OCCOc1ncccc1Br.CCC#Cc1cccnc1OCCO[Si](C)(C)C(C)(C)C.CCCCc1cccnc1OCCO.CCCc1cccnc1OCCO[Si](C)(C)C(C)(C)C.O=c1[nH]cccc1Br.O=c1cccc[nH]1. The zero-order valence-corrected chi connectivity index (χ0v) is 66.1. The van der Waals surface area contributed by atoms with E-state index in [0.29, 0.717) is 68.4 Å².